The summed E-state index contributed by atoms with van der Waals surface area (Å²) in [5, 5.41) is 0. The molecule has 0 fully saturated rings. The standard InChI is InChI=1S/C12H17NO2/c1-9(2)15-12-7-10(8-13-3)5-6-11(12)14-4/h5-9H,1-4H3. The number of hydrogen-bond acceptors (Lipinski definition) is 3. The summed E-state index contributed by atoms with van der Waals surface area (Å²) >= 11 is 0. The minimum absolute atomic E-state index is 0.132. The molecule has 0 aromatic heterocycles. The number of methoxy groups -OCH3 is 1. The van der Waals surface area contributed by atoms with Crippen molar-refractivity contribution in [3.05, 3.63) is 23.8 Å². The first kappa shape index (κ1) is 11.6. The molecule has 0 atom stereocenters. The molecule has 1 rings (SSSR count). The lowest BCUT2D eigenvalue weighted by Crippen LogP contribution is -2.07. The molecule has 0 saturated heterocycles. The van der Waals surface area contributed by atoms with E-state index in [0.717, 1.165) is 17.1 Å². The third-order valence-corrected chi connectivity index (χ3v) is 1.83. The Morgan fingerprint density at radius 3 is 2.53 bits per heavy atom. The fourth-order valence-electron chi connectivity index (χ4n) is 1.27. The van der Waals surface area contributed by atoms with Gasteiger partial charge in [0.25, 0.3) is 0 Å². The van der Waals surface area contributed by atoms with E-state index >= 15 is 0 Å². The van der Waals surface area contributed by atoms with Gasteiger partial charge in [0.15, 0.2) is 11.5 Å². The van der Waals surface area contributed by atoms with Gasteiger partial charge in [0.05, 0.1) is 13.2 Å². The highest BCUT2D eigenvalue weighted by Crippen LogP contribution is 2.28. The molecule has 0 spiro atoms. The number of aliphatic imine (C=N–C) groups is 1. The molecule has 1 aromatic rings. The molecule has 0 heterocycles. The molecule has 0 aliphatic rings. The topological polar surface area (TPSA) is 30.8 Å². The monoisotopic (exact) mass is 207 g/mol. The van der Waals surface area contributed by atoms with Crippen molar-refractivity contribution in [2.45, 2.75) is 20.0 Å². The highest BCUT2D eigenvalue weighted by molar-refractivity contribution is 5.80. The smallest absolute Gasteiger partial charge is 0.162 e. The molecule has 0 amide bonds. The maximum Gasteiger partial charge on any atom is 0.162 e. The zero-order valence-corrected chi connectivity index (χ0v) is 9.65. The fourth-order valence-corrected chi connectivity index (χ4v) is 1.27. The molecule has 3 heteroatoms. The van der Waals surface area contributed by atoms with Crippen LogP contribution in [0, 0.1) is 0 Å². The average Bonchev–Trinajstić information content (AvgIpc) is 2.18. The summed E-state index contributed by atoms with van der Waals surface area (Å²) in [5.74, 6) is 1.50. The summed E-state index contributed by atoms with van der Waals surface area (Å²) in [7, 11) is 3.38. The summed E-state index contributed by atoms with van der Waals surface area (Å²) in [5.41, 5.74) is 1.01. The van der Waals surface area contributed by atoms with Gasteiger partial charge < -0.3 is 9.47 Å². The van der Waals surface area contributed by atoms with Crippen LogP contribution in [0.15, 0.2) is 23.2 Å². The first-order valence-corrected chi connectivity index (χ1v) is 4.94. The van der Waals surface area contributed by atoms with Gasteiger partial charge in [0.1, 0.15) is 0 Å². The molecule has 0 aliphatic heterocycles. The van der Waals surface area contributed by atoms with E-state index in [1.54, 1.807) is 20.4 Å². The molecule has 82 valence electrons. The fraction of sp³-hybridized carbons (Fsp3) is 0.417. The quantitative estimate of drug-likeness (QED) is 0.710. The normalized spacial score (nSPS) is 11.0. The third kappa shape index (κ3) is 3.27. The predicted octanol–water partition coefficient (Wildman–Crippen LogP) is 2.53. The predicted molar refractivity (Wildman–Crippen MR) is 62.3 cm³/mol. The first-order chi connectivity index (χ1) is 7.17. The van der Waals surface area contributed by atoms with Crippen LogP contribution in [-0.4, -0.2) is 26.5 Å². The second kappa shape index (κ2) is 5.39. The van der Waals surface area contributed by atoms with E-state index in [2.05, 4.69) is 4.99 Å². The van der Waals surface area contributed by atoms with E-state index in [4.69, 9.17) is 9.47 Å². The molecule has 0 aliphatic carbocycles. The molecule has 0 saturated carbocycles. The van der Waals surface area contributed by atoms with Crippen molar-refractivity contribution in [1.29, 1.82) is 0 Å². The zero-order valence-electron chi connectivity index (χ0n) is 9.65. The molecule has 15 heavy (non-hydrogen) atoms. The second-order valence-corrected chi connectivity index (χ2v) is 3.46. The van der Waals surface area contributed by atoms with Crippen molar-refractivity contribution in [3.63, 3.8) is 0 Å². The van der Waals surface area contributed by atoms with Crippen molar-refractivity contribution in [1.82, 2.24) is 0 Å². The van der Waals surface area contributed by atoms with Crippen molar-refractivity contribution < 1.29 is 9.47 Å². The zero-order chi connectivity index (χ0) is 11.3. The van der Waals surface area contributed by atoms with Gasteiger partial charge in [-0.15, -0.1) is 0 Å². The summed E-state index contributed by atoms with van der Waals surface area (Å²) < 4.78 is 10.8. The lowest BCUT2D eigenvalue weighted by atomic mass is 10.2. The molecular formula is C12H17NO2. The molecule has 3 nitrogen and oxygen atoms in total. The van der Waals surface area contributed by atoms with E-state index in [9.17, 15) is 0 Å². The SMILES string of the molecule is CN=Cc1ccc(OC)c(OC(C)C)c1. The number of nitrogens with zero attached hydrogens (tertiary/aromatic N) is 1. The number of benzene rings is 1. The van der Waals surface area contributed by atoms with Gasteiger partial charge in [-0.3, -0.25) is 4.99 Å². The Balaban J connectivity index is 3.01. The van der Waals surface area contributed by atoms with Crippen LogP contribution in [0.25, 0.3) is 0 Å². The highest BCUT2D eigenvalue weighted by atomic mass is 16.5. The van der Waals surface area contributed by atoms with Gasteiger partial charge in [-0.1, -0.05) is 0 Å². The van der Waals surface area contributed by atoms with Crippen LogP contribution in [0.5, 0.6) is 11.5 Å². The van der Waals surface area contributed by atoms with Gasteiger partial charge in [0, 0.05) is 13.3 Å². The Bertz CT molecular complexity index is 345. The summed E-state index contributed by atoms with van der Waals surface area (Å²) in [6.07, 6.45) is 1.92. The van der Waals surface area contributed by atoms with E-state index < -0.39 is 0 Å². The number of hydrogen-bond donors (Lipinski definition) is 0. The van der Waals surface area contributed by atoms with Gasteiger partial charge in [-0.25, -0.2) is 0 Å². The molecule has 0 unspecified atom stereocenters. The van der Waals surface area contributed by atoms with E-state index in [0.29, 0.717) is 0 Å². The summed E-state index contributed by atoms with van der Waals surface area (Å²) in [4.78, 5) is 3.96. The van der Waals surface area contributed by atoms with Crippen LogP contribution in [0.3, 0.4) is 0 Å². The first-order valence-electron chi connectivity index (χ1n) is 4.94. The average molecular weight is 207 g/mol. The summed E-state index contributed by atoms with van der Waals surface area (Å²) in [6, 6.07) is 5.75. The van der Waals surface area contributed by atoms with Crippen molar-refractivity contribution in [2.75, 3.05) is 14.2 Å². The van der Waals surface area contributed by atoms with E-state index in [-0.39, 0.29) is 6.10 Å². The minimum atomic E-state index is 0.132. The van der Waals surface area contributed by atoms with Crippen LogP contribution < -0.4 is 9.47 Å². The van der Waals surface area contributed by atoms with Gasteiger partial charge in [-0.05, 0) is 37.6 Å². The molecule has 0 bridgehead atoms. The van der Waals surface area contributed by atoms with Crippen LogP contribution in [-0.2, 0) is 0 Å². The van der Waals surface area contributed by atoms with Crippen LogP contribution in [0.4, 0.5) is 0 Å². The Hall–Kier alpha value is -1.51. The molecule has 0 N–H and O–H groups in total. The summed E-state index contributed by atoms with van der Waals surface area (Å²) in [6.45, 7) is 3.97. The van der Waals surface area contributed by atoms with Crippen molar-refractivity contribution >= 4 is 6.21 Å². The van der Waals surface area contributed by atoms with Gasteiger partial charge in [0.2, 0.25) is 0 Å². The van der Waals surface area contributed by atoms with Gasteiger partial charge in [-0.2, -0.15) is 0 Å². The lowest BCUT2D eigenvalue weighted by Gasteiger charge is -2.13. The number of rotatable bonds is 4. The van der Waals surface area contributed by atoms with Crippen LogP contribution >= 0.6 is 0 Å². The number of ether oxygens (including phenoxy) is 2. The second-order valence-electron chi connectivity index (χ2n) is 3.46. The van der Waals surface area contributed by atoms with E-state index in [1.165, 1.54) is 0 Å². The van der Waals surface area contributed by atoms with Crippen LogP contribution in [0.1, 0.15) is 19.4 Å². The van der Waals surface area contributed by atoms with E-state index in [1.807, 2.05) is 32.0 Å². The van der Waals surface area contributed by atoms with Crippen molar-refractivity contribution in [3.8, 4) is 11.5 Å². The molecule has 0 radical (unpaired) electrons. The highest BCUT2D eigenvalue weighted by Gasteiger charge is 2.06. The minimum Gasteiger partial charge on any atom is -0.493 e. The Kier molecular flexibility index (Phi) is 4.16. The maximum absolute atomic E-state index is 5.64. The molecular weight excluding hydrogens is 190 g/mol. The largest absolute Gasteiger partial charge is 0.493 e. The third-order valence-electron chi connectivity index (χ3n) is 1.83. The maximum atomic E-state index is 5.64. The lowest BCUT2D eigenvalue weighted by molar-refractivity contribution is 0.230. The van der Waals surface area contributed by atoms with Crippen molar-refractivity contribution in [2.24, 2.45) is 4.99 Å². The van der Waals surface area contributed by atoms with Crippen LogP contribution in [0.2, 0.25) is 0 Å². The Morgan fingerprint density at radius 1 is 1.27 bits per heavy atom. The molecule has 1 aromatic carbocycles. The Labute approximate surface area is 90.7 Å². The van der Waals surface area contributed by atoms with Gasteiger partial charge >= 0.3 is 0 Å². The Morgan fingerprint density at radius 2 is 2.00 bits per heavy atom.